The van der Waals surface area contributed by atoms with Crippen molar-refractivity contribution in [2.75, 3.05) is 6.61 Å². The standard InChI is InChI=1S/C21H38O3/c1-2-3-4-5-7-10-14-19-15-13-18-24-20(19)16-11-8-6-9-12-17-21(22)23/h7,10,19-20H,2-6,8-9,11-18H2,1H3,(H,22,23)/b10-7-/t19-,20-/m1/s1. The van der Waals surface area contributed by atoms with Crippen molar-refractivity contribution < 1.29 is 14.6 Å². The molecule has 3 nitrogen and oxygen atoms in total. The number of carbonyl (C=O) groups is 1. The lowest BCUT2D eigenvalue weighted by Gasteiger charge is -2.31. The summed E-state index contributed by atoms with van der Waals surface area (Å²) in [4.78, 5) is 10.5. The second-order valence-electron chi connectivity index (χ2n) is 7.21. The Morgan fingerprint density at radius 3 is 2.67 bits per heavy atom. The second kappa shape index (κ2) is 14.5. The fourth-order valence-electron chi connectivity index (χ4n) is 3.54. The maximum absolute atomic E-state index is 10.5. The molecular formula is C21H38O3. The largest absolute Gasteiger partial charge is 0.481 e. The molecule has 24 heavy (non-hydrogen) atoms. The van der Waals surface area contributed by atoms with E-state index in [2.05, 4.69) is 19.1 Å². The summed E-state index contributed by atoms with van der Waals surface area (Å²) in [5.74, 6) is 0.0318. The van der Waals surface area contributed by atoms with Crippen LogP contribution >= 0.6 is 0 Å². The van der Waals surface area contributed by atoms with Crippen molar-refractivity contribution >= 4 is 5.97 Å². The summed E-state index contributed by atoms with van der Waals surface area (Å²) in [7, 11) is 0. The van der Waals surface area contributed by atoms with Gasteiger partial charge in [-0.15, -0.1) is 0 Å². The maximum atomic E-state index is 10.5. The maximum Gasteiger partial charge on any atom is 0.303 e. The van der Waals surface area contributed by atoms with Gasteiger partial charge in [0, 0.05) is 13.0 Å². The van der Waals surface area contributed by atoms with Gasteiger partial charge in [-0.2, -0.15) is 0 Å². The fourth-order valence-corrected chi connectivity index (χ4v) is 3.54. The summed E-state index contributed by atoms with van der Waals surface area (Å²) in [6.07, 6.45) is 21.0. The van der Waals surface area contributed by atoms with Gasteiger partial charge in [0.2, 0.25) is 0 Å². The Morgan fingerprint density at radius 2 is 1.88 bits per heavy atom. The van der Waals surface area contributed by atoms with Gasteiger partial charge in [-0.3, -0.25) is 4.79 Å². The molecule has 3 heteroatoms. The zero-order chi connectivity index (χ0) is 17.5. The van der Waals surface area contributed by atoms with Crippen LogP contribution in [0.4, 0.5) is 0 Å². The van der Waals surface area contributed by atoms with Crippen molar-refractivity contribution in [1.29, 1.82) is 0 Å². The Bertz CT molecular complexity index is 338. The molecule has 1 saturated heterocycles. The Hall–Kier alpha value is -0.830. The number of hydrogen-bond acceptors (Lipinski definition) is 2. The van der Waals surface area contributed by atoms with Gasteiger partial charge in [-0.1, -0.05) is 57.6 Å². The van der Waals surface area contributed by atoms with Crippen LogP contribution in [0.2, 0.25) is 0 Å². The number of aliphatic carboxylic acids is 1. The van der Waals surface area contributed by atoms with Gasteiger partial charge in [0.25, 0.3) is 0 Å². The third kappa shape index (κ3) is 10.9. The third-order valence-corrected chi connectivity index (χ3v) is 5.04. The lowest BCUT2D eigenvalue weighted by Crippen LogP contribution is -2.29. The summed E-state index contributed by atoms with van der Waals surface area (Å²) < 4.78 is 6.03. The highest BCUT2D eigenvalue weighted by atomic mass is 16.5. The molecule has 1 rings (SSSR count). The summed E-state index contributed by atoms with van der Waals surface area (Å²) in [6, 6.07) is 0. The molecule has 0 bridgehead atoms. The molecule has 0 amide bonds. The SMILES string of the molecule is CCCCC/C=C\C[C@@H]1CCCO[C@@H]1CCCCCCCC(=O)O. The molecule has 0 aromatic carbocycles. The summed E-state index contributed by atoms with van der Waals surface area (Å²) in [6.45, 7) is 3.18. The molecule has 1 heterocycles. The summed E-state index contributed by atoms with van der Waals surface area (Å²) in [5, 5.41) is 8.62. The molecular weight excluding hydrogens is 300 g/mol. The summed E-state index contributed by atoms with van der Waals surface area (Å²) in [5.41, 5.74) is 0. The molecule has 140 valence electrons. The molecule has 0 aliphatic carbocycles. The normalized spacial score (nSPS) is 21.4. The highest BCUT2D eigenvalue weighted by Crippen LogP contribution is 2.28. The first-order valence-corrected chi connectivity index (χ1v) is 10.2. The predicted octanol–water partition coefficient (Wildman–Crippen LogP) is 6.12. The van der Waals surface area contributed by atoms with E-state index in [1.165, 1.54) is 64.2 Å². The van der Waals surface area contributed by atoms with Crippen LogP contribution in [0.1, 0.15) is 96.8 Å². The first kappa shape index (κ1) is 21.2. The topological polar surface area (TPSA) is 46.5 Å². The van der Waals surface area contributed by atoms with E-state index in [4.69, 9.17) is 9.84 Å². The zero-order valence-electron chi connectivity index (χ0n) is 15.7. The number of rotatable bonds is 14. The van der Waals surface area contributed by atoms with E-state index in [1.54, 1.807) is 0 Å². The number of unbranched alkanes of at least 4 members (excludes halogenated alkanes) is 7. The highest BCUT2D eigenvalue weighted by molar-refractivity contribution is 5.66. The minimum Gasteiger partial charge on any atom is -0.481 e. The van der Waals surface area contributed by atoms with Crippen LogP contribution in [0.5, 0.6) is 0 Å². The van der Waals surface area contributed by atoms with E-state index >= 15 is 0 Å². The smallest absolute Gasteiger partial charge is 0.303 e. The Kier molecular flexibility index (Phi) is 12.8. The molecule has 2 atom stereocenters. The van der Waals surface area contributed by atoms with Crippen LogP contribution in [0.3, 0.4) is 0 Å². The third-order valence-electron chi connectivity index (χ3n) is 5.04. The predicted molar refractivity (Wildman–Crippen MR) is 100 cm³/mol. The number of hydrogen-bond donors (Lipinski definition) is 1. The van der Waals surface area contributed by atoms with Crippen molar-refractivity contribution in [2.45, 2.75) is 103 Å². The van der Waals surface area contributed by atoms with Crippen molar-refractivity contribution in [3.63, 3.8) is 0 Å². The van der Waals surface area contributed by atoms with Gasteiger partial charge in [0.15, 0.2) is 0 Å². The number of ether oxygens (including phenoxy) is 1. The zero-order valence-corrected chi connectivity index (χ0v) is 15.7. The molecule has 0 spiro atoms. The number of allylic oxidation sites excluding steroid dienone is 2. The van der Waals surface area contributed by atoms with E-state index in [-0.39, 0.29) is 0 Å². The van der Waals surface area contributed by atoms with Gasteiger partial charge in [-0.05, 0) is 50.9 Å². The molecule has 1 aliphatic heterocycles. The van der Waals surface area contributed by atoms with Crippen molar-refractivity contribution in [3.8, 4) is 0 Å². The van der Waals surface area contributed by atoms with Crippen molar-refractivity contribution in [3.05, 3.63) is 12.2 Å². The quantitative estimate of drug-likeness (QED) is 0.306. The Morgan fingerprint density at radius 1 is 1.08 bits per heavy atom. The van der Waals surface area contributed by atoms with Gasteiger partial charge in [0.05, 0.1) is 6.10 Å². The van der Waals surface area contributed by atoms with E-state index in [0.29, 0.717) is 18.4 Å². The van der Waals surface area contributed by atoms with Crippen molar-refractivity contribution in [2.24, 2.45) is 5.92 Å². The molecule has 0 radical (unpaired) electrons. The van der Waals surface area contributed by atoms with Crippen LogP contribution < -0.4 is 0 Å². The van der Waals surface area contributed by atoms with Crippen LogP contribution in [0.15, 0.2) is 12.2 Å². The fraction of sp³-hybridized carbons (Fsp3) is 0.857. The molecule has 1 N–H and O–H groups in total. The minimum atomic E-state index is -0.670. The minimum absolute atomic E-state index is 0.318. The molecule has 0 aromatic rings. The average Bonchev–Trinajstić information content (AvgIpc) is 2.58. The van der Waals surface area contributed by atoms with Crippen molar-refractivity contribution in [1.82, 2.24) is 0 Å². The Balaban J connectivity index is 2.11. The van der Waals surface area contributed by atoms with Gasteiger partial charge >= 0.3 is 5.97 Å². The van der Waals surface area contributed by atoms with Gasteiger partial charge in [-0.25, -0.2) is 0 Å². The van der Waals surface area contributed by atoms with E-state index < -0.39 is 5.97 Å². The highest BCUT2D eigenvalue weighted by Gasteiger charge is 2.24. The van der Waals surface area contributed by atoms with Gasteiger partial charge < -0.3 is 9.84 Å². The number of carboxylic acid groups (broad SMARTS) is 1. The lowest BCUT2D eigenvalue weighted by atomic mass is 9.88. The van der Waals surface area contributed by atoms with Crippen LogP contribution in [0.25, 0.3) is 0 Å². The average molecular weight is 339 g/mol. The molecule has 1 aliphatic rings. The van der Waals surface area contributed by atoms with E-state index in [9.17, 15) is 4.79 Å². The first-order chi connectivity index (χ1) is 11.7. The second-order valence-corrected chi connectivity index (χ2v) is 7.21. The van der Waals surface area contributed by atoms with Crippen LogP contribution in [-0.2, 0) is 9.53 Å². The van der Waals surface area contributed by atoms with E-state index in [1.807, 2.05) is 0 Å². The monoisotopic (exact) mass is 338 g/mol. The molecule has 1 fully saturated rings. The van der Waals surface area contributed by atoms with Gasteiger partial charge in [0.1, 0.15) is 0 Å². The number of carboxylic acids is 1. The van der Waals surface area contributed by atoms with Crippen LogP contribution in [-0.4, -0.2) is 23.8 Å². The summed E-state index contributed by atoms with van der Waals surface area (Å²) >= 11 is 0. The van der Waals surface area contributed by atoms with E-state index in [0.717, 1.165) is 25.9 Å². The first-order valence-electron chi connectivity index (χ1n) is 10.2. The molecule has 0 aromatic heterocycles. The molecule has 0 unspecified atom stereocenters. The molecule has 0 saturated carbocycles. The van der Waals surface area contributed by atoms with Crippen LogP contribution in [0, 0.1) is 5.92 Å². The Labute approximate surface area is 148 Å². The lowest BCUT2D eigenvalue weighted by molar-refractivity contribution is -0.137.